The number of ether oxygens (including phenoxy) is 2. The molecule has 13 nitrogen and oxygen atoms in total. The second-order valence-corrected chi connectivity index (χ2v) is 17.3. The number of likely N-dealkylation sites (tertiary alicyclic amines) is 1. The van der Waals surface area contributed by atoms with Crippen molar-refractivity contribution in [2.75, 3.05) is 62.2 Å². The van der Waals surface area contributed by atoms with Crippen LogP contribution < -0.4 is 24.6 Å². The van der Waals surface area contributed by atoms with Gasteiger partial charge in [0, 0.05) is 101 Å². The number of aldehydes is 1. The van der Waals surface area contributed by atoms with E-state index >= 15 is 0 Å². The van der Waals surface area contributed by atoms with Crippen molar-refractivity contribution < 1.29 is 14.3 Å². The number of anilines is 2. The van der Waals surface area contributed by atoms with Crippen molar-refractivity contribution in [2.24, 2.45) is 11.8 Å². The Morgan fingerprint density at radius 2 is 1.08 bits per heavy atom. The largest absolute Gasteiger partial charge is 0.489 e. The van der Waals surface area contributed by atoms with Gasteiger partial charge in [0.2, 0.25) is 11.9 Å². The normalized spacial score (nSPS) is 17.1. The molecule has 4 aromatic rings. The zero-order valence-corrected chi connectivity index (χ0v) is 38.1. The second kappa shape index (κ2) is 28.9. The number of rotatable bonds is 11. The van der Waals surface area contributed by atoms with Crippen molar-refractivity contribution in [2.45, 2.75) is 119 Å². The Labute approximate surface area is 404 Å². The van der Waals surface area contributed by atoms with E-state index in [1.54, 1.807) is 18.2 Å². The summed E-state index contributed by atoms with van der Waals surface area (Å²) in [6.07, 6.45) is 18.1. The molecule has 2 aromatic carbocycles. The molecule has 0 radical (unpaired) electrons. The minimum atomic E-state index is 0. The van der Waals surface area contributed by atoms with Crippen LogP contribution >= 0.6 is 23.2 Å². The molecule has 4 aliphatic rings. The minimum absolute atomic E-state index is 0. The van der Waals surface area contributed by atoms with Gasteiger partial charge in [-0.1, -0.05) is 65.4 Å². The maximum atomic E-state index is 10.8. The molecule has 4 saturated heterocycles. The lowest BCUT2D eigenvalue weighted by atomic mass is 9.98. The number of aryl methyl sites for hydroxylation is 2. The van der Waals surface area contributed by atoms with Crippen LogP contribution in [0.4, 0.5) is 11.9 Å². The van der Waals surface area contributed by atoms with E-state index in [0.717, 1.165) is 158 Å². The summed E-state index contributed by atoms with van der Waals surface area (Å²) in [6.45, 7) is 12.5. The van der Waals surface area contributed by atoms with E-state index in [-0.39, 0.29) is 40.4 Å². The molecular weight excluding hydrogens is 872 g/mol. The van der Waals surface area contributed by atoms with Gasteiger partial charge in [-0.05, 0) is 112 Å². The summed E-state index contributed by atoms with van der Waals surface area (Å²) < 4.78 is 12.2. The lowest BCUT2D eigenvalue weighted by Crippen LogP contribution is -2.39. The number of halogens is 2. The Hall–Kier alpha value is -5.05. The van der Waals surface area contributed by atoms with E-state index in [2.05, 4.69) is 72.0 Å². The highest BCUT2D eigenvalue weighted by atomic mass is 35.5. The maximum Gasteiger partial charge on any atom is 0.225 e. The highest BCUT2D eigenvalue weighted by molar-refractivity contribution is 6.32. The average Bonchev–Trinajstić information content (AvgIpc) is 3.34. The molecule has 0 spiro atoms. The van der Waals surface area contributed by atoms with Crippen LogP contribution in [-0.4, -0.2) is 95.7 Å². The van der Waals surface area contributed by atoms with Gasteiger partial charge in [0.1, 0.15) is 30.0 Å². The molecule has 1 N–H and O–H groups in total. The fraction of sp³-hybridized carbons (Fsp3) is 0.549. The number of nitriles is 2. The zero-order valence-electron chi connectivity index (χ0n) is 36.6. The molecule has 0 atom stereocenters. The molecule has 0 aliphatic carbocycles. The average molecular weight is 944 g/mol. The summed E-state index contributed by atoms with van der Waals surface area (Å²) in [5.74, 6) is 3.51. The molecule has 0 unspecified atom stereocenters. The highest BCUT2D eigenvalue weighted by Gasteiger charge is 2.25. The van der Waals surface area contributed by atoms with Crippen molar-refractivity contribution >= 4 is 41.4 Å². The summed E-state index contributed by atoms with van der Waals surface area (Å²) in [5, 5.41) is 21.8. The first-order chi connectivity index (χ1) is 30.8. The second-order valence-electron chi connectivity index (χ2n) is 16.5. The summed E-state index contributed by atoms with van der Waals surface area (Å²) in [4.78, 5) is 35.4. The first kappa shape index (κ1) is 55.3. The number of carbonyl (C=O) groups excluding carboxylic acids is 1. The molecule has 6 heterocycles. The number of carbonyl (C=O) groups is 1. The molecule has 0 bridgehead atoms. The third-order valence-corrected chi connectivity index (χ3v) is 12.6. The Bertz CT molecular complexity index is 2100. The van der Waals surface area contributed by atoms with Crippen LogP contribution in [0.25, 0.3) is 0 Å². The number of hydrogen-bond donors (Lipinski definition) is 1. The topological polar surface area (TPSA) is 156 Å². The van der Waals surface area contributed by atoms with Gasteiger partial charge in [0.05, 0.1) is 22.2 Å². The molecule has 4 aliphatic heterocycles. The van der Waals surface area contributed by atoms with Gasteiger partial charge in [0.25, 0.3) is 0 Å². The lowest BCUT2D eigenvalue weighted by Gasteiger charge is -2.32. The van der Waals surface area contributed by atoms with E-state index in [4.69, 9.17) is 43.2 Å². The molecule has 4 fully saturated rings. The van der Waals surface area contributed by atoms with Gasteiger partial charge < -0.3 is 24.6 Å². The Morgan fingerprint density at radius 3 is 1.47 bits per heavy atom. The number of hydrogen-bond acceptors (Lipinski definition) is 13. The third-order valence-electron chi connectivity index (χ3n) is 12.0. The summed E-state index contributed by atoms with van der Waals surface area (Å²) >= 11 is 12.7. The van der Waals surface area contributed by atoms with E-state index in [1.807, 2.05) is 36.9 Å². The summed E-state index contributed by atoms with van der Waals surface area (Å²) in [5.41, 5.74) is 4.04. The van der Waals surface area contributed by atoms with Gasteiger partial charge in [-0.15, -0.1) is 0 Å². The Kier molecular flexibility index (Phi) is 24.2. The fourth-order valence-corrected chi connectivity index (χ4v) is 8.43. The third kappa shape index (κ3) is 16.7. The number of benzene rings is 2. The van der Waals surface area contributed by atoms with Crippen molar-refractivity contribution in [1.82, 2.24) is 30.2 Å². The van der Waals surface area contributed by atoms with Crippen LogP contribution in [0.3, 0.4) is 0 Å². The molecule has 15 heteroatoms. The fourth-order valence-electron chi connectivity index (χ4n) is 7.95. The predicted octanol–water partition coefficient (Wildman–Crippen LogP) is 10.4. The Balaban J connectivity index is 0.000000294. The molecule has 0 amide bonds. The van der Waals surface area contributed by atoms with Crippen molar-refractivity contribution in [3.8, 4) is 23.6 Å². The maximum absolute atomic E-state index is 10.8. The molecule has 358 valence electrons. The van der Waals surface area contributed by atoms with Crippen LogP contribution in [-0.2, 0) is 19.4 Å². The van der Waals surface area contributed by atoms with E-state index in [1.165, 1.54) is 5.56 Å². The van der Waals surface area contributed by atoms with Gasteiger partial charge in [-0.2, -0.15) is 10.5 Å². The molecule has 2 aromatic heterocycles. The van der Waals surface area contributed by atoms with E-state index in [9.17, 15) is 4.79 Å². The van der Waals surface area contributed by atoms with Gasteiger partial charge in [0.15, 0.2) is 0 Å². The SMILES string of the molecule is C.C.C.CCc1cnc(N2CCC(Oc3ccc(C=O)cc3Cl)CC2)nc1.CCc1cnc(N2CCC(Oc3ccc(CN4CCC(C#N)CC4)cc3Cl)CC2)nc1.N#CC1CCNCC1. The molecule has 8 rings (SSSR count). The van der Waals surface area contributed by atoms with Crippen LogP contribution in [0, 0.1) is 34.5 Å². The lowest BCUT2D eigenvalue weighted by molar-refractivity contribution is 0.112. The monoisotopic (exact) mass is 943 g/mol. The first-order valence-corrected chi connectivity index (χ1v) is 23.2. The molecule has 66 heavy (non-hydrogen) atoms. The quantitative estimate of drug-likeness (QED) is 0.142. The highest BCUT2D eigenvalue weighted by Crippen LogP contribution is 2.31. The van der Waals surface area contributed by atoms with E-state index < -0.39 is 0 Å². The van der Waals surface area contributed by atoms with E-state index in [0.29, 0.717) is 27.3 Å². The number of nitrogens with one attached hydrogen (secondary N) is 1. The van der Waals surface area contributed by atoms with Crippen molar-refractivity contribution in [3.63, 3.8) is 0 Å². The molecular formula is C51H72Cl2N10O3. The van der Waals surface area contributed by atoms with Crippen LogP contribution in [0.2, 0.25) is 10.0 Å². The van der Waals surface area contributed by atoms with Gasteiger partial charge >= 0.3 is 0 Å². The van der Waals surface area contributed by atoms with Gasteiger partial charge in [-0.25, -0.2) is 19.9 Å². The standard InChI is InChI=1S/C24H30ClN5O.C18H20ClN3O2.C6H10N2.3CH4/c1-2-18-15-27-24(28-16-18)30-11-7-21(8-12-30)31-23-4-3-20(13-22(23)25)17-29-9-5-19(14-26)6-10-29;1-2-13-10-20-18(21-11-13)22-7-5-15(6-8-22)24-17-4-3-14(12-23)9-16(17)19;7-5-6-1-3-8-4-2-6;;;/h3-4,13,15-16,19,21H,2,5-12,17H2,1H3;3-4,9-12,15H,2,5-8H2,1H3;6,8H,1-4H2;3*1H4. The number of piperidine rings is 4. The predicted molar refractivity (Wildman–Crippen MR) is 268 cm³/mol. The number of nitrogens with zero attached hydrogens (tertiary/aromatic N) is 9. The summed E-state index contributed by atoms with van der Waals surface area (Å²) in [6, 6.07) is 15.9. The first-order valence-electron chi connectivity index (χ1n) is 22.5. The minimum Gasteiger partial charge on any atom is -0.489 e. The molecule has 0 saturated carbocycles. The van der Waals surface area contributed by atoms with Crippen molar-refractivity contribution in [1.29, 1.82) is 10.5 Å². The van der Waals surface area contributed by atoms with Crippen molar-refractivity contribution in [3.05, 3.63) is 93.5 Å². The number of aromatic nitrogens is 4. The van der Waals surface area contributed by atoms with Gasteiger partial charge in [-0.3, -0.25) is 9.69 Å². The zero-order chi connectivity index (χ0) is 44.4. The van der Waals surface area contributed by atoms with Crippen LogP contribution in [0.1, 0.15) is 115 Å². The van der Waals surface area contributed by atoms with Crippen LogP contribution in [0.15, 0.2) is 61.2 Å². The Morgan fingerprint density at radius 1 is 0.636 bits per heavy atom. The smallest absolute Gasteiger partial charge is 0.225 e. The summed E-state index contributed by atoms with van der Waals surface area (Å²) in [7, 11) is 0. The van der Waals surface area contributed by atoms with Crippen LogP contribution in [0.5, 0.6) is 11.5 Å².